The summed E-state index contributed by atoms with van der Waals surface area (Å²) < 4.78 is 7.59. The van der Waals surface area contributed by atoms with Gasteiger partial charge in [-0.1, -0.05) is 25.5 Å². The van der Waals surface area contributed by atoms with Gasteiger partial charge in [0.1, 0.15) is 18.4 Å². The van der Waals surface area contributed by atoms with E-state index in [1.165, 1.54) is 5.56 Å². The summed E-state index contributed by atoms with van der Waals surface area (Å²) in [5.41, 5.74) is 1.32. The molecule has 4 atom stereocenters. The molecule has 1 saturated heterocycles. The molecule has 1 aromatic carbocycles. The van der Waals surface area contributed by atoms with Gasteiger partial charge >= 0.3 is 0 Å². The van der Waals surface area contributed by atoms with Crippen LogP contribution in [-0.2, 0) is 6.54 Å². The minimum absolute atomic E-state index is 0.0632. The first kappa shape index (κ1) is 18.4. The number of nitrogens with zero attached hydrogens (tertiary/aromatic N) is 4. The Bertz CT molecular complexity index is 703. The van der Waals surface area contributed by atoms with Gasteiger partial charge in [0.15, 0.2) is 0 Å². The van der Waals surface area contributed by atoms with Crippen LogP contribution in [0.2, 0.25) is 0 Å². The summed E-state index contributed by atoms with van der Waals surface area (Å²) in [5, 5.41) is 14.8. The maximum absolute atomic E-state index is 10.6. The second-order valence-corrected chi connectivity index (χ2v) is 8.04. The number of unbranched alkanes of at least 4 members (excludes halogenated alkanes) is 1. The van der Waals surface area contributed by atoms with Crippen molar-refractivity contribution in [3.05, 3.63) is 42.5 Å². The van der Waals surface area contributed by atoms with Crippen LogP contribution in [0.5, 0.6) is 5.75 Å². The SMILES string of the molecule is CCCCOc1ccc(CN2C[C@H]3C[C@@H](n4cncn4)[C@H](O)C[C@H]3C2)cc1. The lowest BCUT2D eigenvalue weighted by Crippen LogP contribution is -2.36. The molecular formula is C21H30N4O2. The fourth-order valence-electron chi connectivity index (χ4n) is 4.59. The van der Waals surface area contributed by atoms with Crippen LogP contribution in [0.15, 0.2) is 36.9 Å². The van der Waals surface area contributed by atoms with Crippen LogP contribution in [0.4, 0.5) is 0 Å². The van der Waals surface area contributed by atoms with Gasteiger partial charge in [-0.2, -0.15) is 5.10 Å². The van der Waals surface area contributed by atoms with Gasteiger partial charge in [0.2, 0.25) is 0 Å². The molecule has 0 radical (unpaired) electrons. The minimum atomic E-state index is -0.326. The molecule has 1 N–H and O–H groups in total. The smallest absolute Gasteiger partial charge is 0.137 e. The van der Waals surface area contributed by atoms with Crippen molar-refractivity contribution in [3.63, 3.8) is 0 Å². The highest BCUT2D eigenvalue weighted by Crippen LogP contribution is 2.41. The number of benzene rings is 1. The Balaban J connectivity index is 1.32. The average molecular weight is 370 g/mol. The van der Waals surface area contributed by atoms with E-state index in [9.17, 15) is 5.11 Å². The van der Waals surface area contributed by atoms with E-state index in [4.69, 9.17) is 4.74 Å². The van der Waals surface area contributed by atoms with Crippen LogP contribution in [0.1, 0.15) is 44.2 Å². The van der Waals surface area contributed by atoms with Gasteiger partial charge in [-0.05, 0) is 48.8 Å². The van der Waals surface area contributed by atoms with Gasteiger partial charge in [0.25, 0.3) is 0 Å². The fraction of sp³-hybridized carbons (Fsp3) is 0.619. The summed E-state index contributed by atoms with van der Waals surface area (Å²) in [6, 6.07) is 8.58. The van der Waals surface area contributed by atoms with Crippen LogP contribution in [0, 0.1) is 11.8 Å². The summed E-state index contributed by atoms with van der Waals surface area (Å²) in [4.78, 5) is 6.57. The lowest BCUT2D eigenvalue weighted by Gasteiger charge is -2.35. The van der Waals surface area contributed by atoms with Gasteiger partial charge in [0.05, 0.1) is 18.8 Å². The monoisotopic (exact) mass is 370 g/mol. The van der Waals surface area contributed by atoms with Crippen LogP contribution in [0.3, 0.4) is 0 Å². The normalized spacial score (nSPS) is 28.2. The fourth-order valence-corrected chi connectivity index (χ4v) is 4.59. The molecule has 4 rings (SSSR count). The van der Waals surface area contributed by atoms with E-state index in [0.29, 0.717) is 11.8 Å². The molecule has 2 aromatic rings. The van der Waals surface area contributed by atoms with Crippen LogP contribution >= 0.6 is 0 Å². The van der Waals surface area contributed by atoms with Crippen molar-refractivity contribution in [2.75, 3.05) is 19.7 Å². The first-order chi connectivity index (χ1) is 13.2. The lowest BCUT2D eigenvalue weighted by molar-refractivity contribution is 0.0304. The second-order valence-electron chi connectivity index (χ2n) is 8.04. The highest BCUT2D eigenvalue weighted by molar-refractivity contribution is 5.27. The van der Waals surface area contributed by atoms with Crippen LogP contribution < -0.4 is 4.74 Å². The third-order valence-electron chi connectivity index (χ3n) is 6.06. The zero-order valence-electron chi connectivity index (χ0n) is 16.1. The van der Waals surface area contributed by atoms with Crippen molar-refractivity contribution >= 4 is 0 Å². The van der Waals surface area contributed by atoms with E-state index in [1.807, 2.05) is 4.68 Å². The molecule has 0 amide bonds. The number of aromatic nitrogens is 3. The summed E-state index contributed by atoms with van der Waals surface area (Å²) in [5.74, 6) is 2.16. The second kappa shape index (κ2) is 8.40. The molecule has 6 heteroatoms. The topological polar surface area (TPSA) is 63.4 Å². The number of rotatable bonds is 7. The van der Waals surface area contributed by atoms with Crippen molar-refractivity contribution in [2.24, 2.45) is 11.8 Å². The zero-order valence-corrected chi connectivity index (χ0v) is 16.1. The van der Waals surface area contributed by atoms with Crippen molar-refractivity contribution in [1.29, 1.82) is 0 Å². The summed E-state index contributed by atoms with van der Waals surface area (Å²) in [6.07, 6.45) is 7.04. The van der Waals surface area contributed by atoms with Crippen LogP contribution in [0.25, 0.3) is 0 Å². The average Bonchev–Trinajstić information content (AvgIpc) is 3.32. The Hall–Kier alpha value is -1.92. The van der Waals surface area contributed by atoms with Gasteiger partial charge in [-0.15, -0.1) is 0 Å². The molecule has 27 heavy (non-hydrogen) atoms. The molecule has 0 bridgehead atoms. The van der Waals surface area contributed by atoms with E-state index >= 15 is 0 Å². The molecule has 1 aliphatic heterocycles. The number of aliphatic hydroxyl groups excluding tert-OH is 1. The molecule has 2 heterocycles. The first-order valence-electron chi connectivity index (χ1n) is 10.2. The highest BCUT2D eigenvalue weighted by Gasteiger charge is 2.42. The molecule has 1 saturated carbocycles. The molecule has 2 fully saturated rings. The Morgan fingerprint density at radius 2 is 1.93 bits per heavy atom. The van der Waals surface area contributed by atoms with E-state index in [-0.39, 0.29) is 12.1 Å². The molecule has 146 valence electrons. The summed E-state index contributed by atoms with van der Waals surface area (Å²) >= 11 is 0. The standard InChI is InChI=1S/C21H30N4O2/c1-2-3-8-27-19-6-4-16(5-7-19)11-24-12-17-9-20(25-15-22-14-23-25)21(26)10-18(17)13-24/h4-7,14-15,17-18,20-21,26H,2-3,8-13H2,1H3/t17-,18+,20-,21-/m1/s1. The van der Waals surface area contributed by atoms with Crippen LogP contribution in [-0.4, -0.2) is 50.6 Å². The van der Waals surface area contributed by atoms with Gasteiger partial charge in [-0.25, -0.2) is 9.67 Å². The molecule has 1 aromatic heterocycles. The van der Waals surface area contributed by atoms with Crippen molar-refractivity contribution < 1.29 is 9.84 Å². The number of hydrogen-bond acceptors (Lipinski definition) is 5. The lowest BCUT2D eigenvalue weighted by atomic mass is 9.77. The van der Waals surface area contributed by atoms with E-state index < -0.39 is 0 Å². The number of aliphatic hydroxyl groups is 1. The largest absolute Gasteiger partial charge is 0.494 e. The Kier molecular flexibility index (Phi) is 5.74. The maximum atomic E-state index is 10.6. The minimum Gasteiger partial charge on any atom is -0.494 e. The molecular weight excluding hydrogens is 340 g/mol. The van der Waals surface area contributed by atoms with Crippen molar-refractivity contribution in [1.82, 2.24) is 19.7 Å². The number of fused-ring (bicyclic) bond motifs is 1. The van der Waals surface area contributed by atoms with Gasteiger partial charge in [0, 0.05) is 19.6 Å². The predicted molar refractivity (Wildman–Crippen MR) is 103 cm³/mol. The third kappa shape index (κ3) is 4.33. The number of hydrogen-bond donors (Lipinski definition) is 1. The zero-order chi connectivity index (χ0) is 18.6. The molecule has 0 spiro atoms. The quantitative estimate of drug-likeness (QED) is 0.759. The number of ether oxygens (including phenoxy) is 1. The molecule has 1 aliphatic carbocycles. The number of likely N-dealkylation sites (tertiary alicyclic amines) is 1. The van der Waals surface area contributed by atoms with Gasteiger partial charge in [-0.3, -0.25) is 4.90 Å². The van der Waals surface area contributed by atoms with E-state index in [1.54, 1.807) is 12.7 Å². The molecule has 2 aliphatic rings. The summed E-state index contributed by atoms with van der Waals surface area (Å²) in [6.45, 7) is 6.10. The van der Waals surface area contributed by atoms with Gasteiger partial charge < -0.3 is 9.84 Å². The molecule has 6 nitrogen and oxygen atoms in total. The predicted octanol–water partition coefficient (Wildman–Crippen LogP) is 2.90. The van der Waals surface area contributed by atoms with E-state index in [0.717, 1.165) is 57.7 Å². The maximum Gasteiger partial charge on any atom is 0.137 e. The summed E-state index contributed by atoms with van der Waals surface area (Å²) in [7, 11) is 0. The van der Waals surface area contributed by atoms with E-state index in [2.05, 4.69) is 46.2 Å². The highest BCUT2D eigenvalue weighted by atomic mass is 16.5. The Labute approximate surface area is 161 Å². The third-order valence-corrected chi connectivity index (χ3v) is 6.06. The van der Waals surface area contributed by atoms with Crippen molar-refractivity contribution in [2.45, 2.75) is 51.3 Å². The molecule has 0 unspecified atom stereocenters. The van der Waals surface area contributed by atoms with Crippen molar-refractivity contribution in [3.8, 4) is 5.75 Å². The first-order valence-corrected chi connectivity index (χ1v) is 10.2. The Morgan fingerprint density at radius 3 is 2.63 bits per heavy atom. The Morgan fingerprint density at radius 1 is 1.15 bits per heavy atom.